The van der Waals surface area contributed by atoms with E-state index in [1.807, 2.05) is 0 Å². The first-order valence-electron chi connectivity index (χ1n) is 4.55. The third-order valence-corrected chi connectivity index (χ3v) is 2.73. The molecule has 82 valence electrons. The van der Waals surface area contributed by atoms with Crippen molar-refractivity contribution in [2.24, 2.45) is 0 Å². The molecule has 0 atom stereocenters. The summed E-state index contributed by atoms with van der Waals surface area (Å²) in [6.45, 7) is 6.76. The van der Waals surface area contributed by atoms with E-state index in [-0.39, 0.29) is 6.61 Å². The molecule has 0 spiro atoms. The van der Waals surface area contributed by atoms with E-state index < -0.39 is 18.2 Å². The Hall–Kier alpha value is -0.313. The van der Waals surface area contributed by atoms with Crippen molar-refractivity contribution in [3.8, 4) is 11.5 Å². The molecular formula is C9H18O3SSi. The van der Waals surface area contributed by atoms with Crippen molar-refractivity contribution in [3.63, 3.8) is 0 Å². The highest BCUT2D eigenvalue weighted by molar-refractivity contribution is 7.85. The molecule has 0 bridgehead atoms. The van der Waals surface area contributed by atoms with Gasteiger partial charge in [-0.05, 0) is 6.42 Å². The molecule has 14 heavy (non-hydrogen) atoms. The van der Waals surface area contributed by atoms with Crippen LogP contribution in [0.25, 0.3) is 0 Å². The maximum Gasteiger partial charge on any atom is 0.264 e. The summed E-state index contributed by atoms with van der Waals surface area (Å²) >= 11 is 0. The van der Waals surface area contributed by atoms with Crippen molar-refractivity contribution in [1.82, 2.24) is 0 Å². The van der Waals surface area contributed by atoms with Crippen LogP contribution in [0.5, 0.6) is 0 Å². The second-order valence-corrected chi connectivity index (χ2v) is 10.6. The summed E-state index contributed by atoms with van der Waals surface area (Å²) < 4.78 is 25.7. The zero-order chi connectivity index (χ0) is 11.2. The van der Waals surface area contributed by atoms with E-state index in [0.29, 0.717) is 12.8 Å². The van der Waals surface area contributed by atoms with Crippen LogP contribution in [0.15, 0.2) is 0 Å². The monoisotopic (exact) mass is 234 g/mol. The minimum absolute atomic E-state index is 0.235. The predicted molar refractivity (Wildman–Crippen MR) is 61.2 cm³/mol. The van der Waals surface area contributed by atoms with E-state index in [1.54, 1.807) is 0 Å². The van der Waals surface area contributed by atoms with E-state index in [0.717, 1.165) is 6.26 Å². The third kappa shape index (κ3) is 11.7. The average molecular weight is 234 g/mol. The van der Waals surface area contributed by atoms with Gasteiger partial charge in [-0.3, -0.25) is 4.18 Å². The maximum atomic E-state index is 10.6. The summed E-state index contributed by atoms with van der Waals surface area (Å²) in [5.41, 5.74) is 3.20. The van der Waals surface area contributed by atoms with Crippen LogP contribution in [0, 0.1) is 11.5 Å². The van der Waals surface area contributed by atoms with Crippen molar-refractivity contribution in [2.45, 2.75) is 32.5 Å². The first kappa shape index (κ1) is 13.7. The molecule has 0 amide bonds. The van der Waals surface area contributed by atoms with Crippen molar-refractivity contribution in [1.29, 1.82) is 0 Å². The third-order valence-electron chi connectivity index (χ3n) is 1.21. The molecule has 0 aliphatic heterocycles. The molecule has 5 heteroatoms. The Labute approximate surface area is 88.0 Å². The van der Waals surface area contributed by atoms with Gasteiger partial charge in [-0.1, -0.05) is 19.6 Å². The van der Waals surface area contributed by atoms with Gasteiger partial charge in [0, 0.05) is 6.42 Å². The second kappa shape index (κ2) is 5.54. The normalized spacial score (nSPS) is 12.0. The van der Waals surface area contributed by atoms with Crippen LogP contribution in [-0.2, 0) is 14.3 Å². The maximum absolute atomic E-state index is 10.6. The van der Waals surface area contributed by atoms with E-state index in [9.17, 15) is 8.42 Å². The van der Waals surface area contributed by atoms with Crippen LogP contribution >= 0.6 is 0 Å². The predicted octanol–water partition coefficient (Wildman–Crippen LogP) is 1.62. The van der Waals surface area contributed by atoms with Gasteiger partial charge >= 0.3 is 0 Å². The minimum Gasteiger partial charge on any atom is -0.270 e. The van der Waals surface area contributed by atoms with Crippen molar-refractivity contribution in [3.05, 3.63) is 0 Å². The molecule has 0 heterocycles. The van der Waals surface area contributed by atoms with Gasteiger partial charge in [0.05, 0.1) is 12.9 Å². The van der Waals surface area contributed by atoms with Gasteiger partial charge in [0.25, 0.3) is 10.1 Å². The van der Waals surface area contributed by atoms with Gasteiger partial charge in [0.15, 0.2) is 0 Å². The molecular weight excluding hydrogens is 216 g/mol. The standard InChI is InChI=1S/C9H18O3SSi/c1-13(10,11)12-8-6-5-7-9-14(2,3)4/h5-6,8H2,1-4H3. The van der Waals surface area contributed by atoms with Crippen molar-refractivity contribution >= 4 is 18.2 Å². The lowest BCUT2D eigenvalue weighted by molar-refractivity contribution is 0.317. The molecule has 0 fully saturated rings. The highest BCUT2D eigenvalue weighted by Gasteiger charge is 2.06. The van der Waals surface area contributed by atoms with Crippen molar-refractivity contribution in [2.75, 3.05) is 12.9 Å². The lowest BCUT2D eigenvalue weighted by Gasteiger charge is -2.03. The van der Waals surface area contributed by atoms with Crippen LogP contribution in [0.2, 0.25) is 19.6 Å². The van der Waals surface area contributed by atoms with E-state index >= 15 is 0 Å². The summed E-state index contributed by atoms with van der Waals surface area (Å²) in [7, 11) is -4.55. The Bertz CT molecular complexity index is 316. The van der Waals surface area contributed by atoms with Gasteiger partial charge in [-0.25, -0.2) is 0 Å². The van der Waals surface area contributed by atoms with Crippen molar-refractivity contribution < 1.29 is 12.6 Å². The first-order valence-corrected chi connectivity index (χ1v) is 9.87. The summed E-state index contributed by atoms with van der Waals surface area (Å²) in [5, 5.41) is 0. The van der Waals surface area contributed by atoms with E-state index in [4.69, 9.17) is 0 Å². The highest BCUT2D eigenvalue weighted by Crippen LogP contribution is 1.98. The van der Waals surface area contributed by atoms with Crippen LogP contribution in [-0.4, -0.2) is 29.4 Å². The SMILES string of the molecule is C[Si](C)(C)C#CCCCOS(C)(=O)=O. The van der Waals surface area contributed by atoms with E-state index in [2.05, 4.69) is 35.3 Å². The average Bonchev–Trinajstić information content (AvgIpc) is 1.92. The van der Waals surface area contributed by atoms with Crippen LogP contribution < -0.4 is 0 Å². The van der Waals surface area contributed by atoms with Crippen LogP contribution in [0.1, 0.15) is 12.8 Å². The molecule has 0 aromatic rings. The molecule has 3 nitrogen and oxygen atoms in total. The molecule has 0 aliphatic carbocycles. The van der Waals surface area contributed by atoms with Gasteiger partial charge in [0.2, 0.25) is 0 Å². The quantitative estimate of drug-likeness (QED) is 0.321. The van der Waals surface area contributed by atoms with Crippen LogP contribution in [0.3, 0.4) is 0 Å². The Morgan fingerprint density at radius 1 is 1.29 bits per heavy atom. The Morgan fingerprint density at radius 3 is 2.29 bits per heavy atom. The second-order valence-electron chi connectivity index (χ2n) is 4.18. The fourth-order valence-electron chi connectivity index (χ4n) is 0.699. The summed E-state index contributed by atoms with van der Waals surface area (Å²) in [6, 6.07) is 0. The number of unbranched alkanes of at least 4 members (excludes halogenated alkanes) is 1. The number of hydrogen-bond donors (Lipinski definition) is 0. The molecule has 0 aromatic carbocycles. The topological polar surface area (TPSA) is 43.4 Å². The Kier molecular flexibility index (Phi) is 5.42. The fraction of sp³-hybridized carbons (Fsp3) is 0.778. The summed E-state index contributed by atoms with van der Waals surface area (Å²) in [5.74, 6) is 3.05. The summed E-state index contributed by atoms with van der Waals surface area (Å²) in [6.07, 6.45) is 2.44. The zero-order valence-corrected chi connectivity index (χ0v) is 11.1. The first-order chi connectivity index (χ1) is 6.21. The van der Waals surface area contributed by atoms with Gasteiger partial charge in [-0.15, -0.1) is 11.5 Å². The molecule has 0 N–H and O–H groups in total. The molecule has 0 saturated heterocycles. The summed E-state index contributed by atoms with van der Waals surface area (Å²) in [4.78, 5) is 0. The minimum atomic E-state index is -3.28. The van der Waals surface area contributed by atoms with E-state index in [1.165, 1.54) is 0 Å². The lowest BCUT2D eigenvalue weighted by Crippen LogP contribution is -2.16. The molecule has 0 saturated carbocycles. The van der Waals surface area contributed by atoms with Crippen LogP contribution in [0.4, 0.5) is 0 Å². The molecule has 0 unspecified atom stereocenters. The Balaban J connectivity index is 3.62. The number of rotatable bonds is 4. The zero-order valence-electron chi connectivity index (χ0n) is 9.25. The van der Waals surface area contributed by atoms with Gasteiger partial charge in [0.1, 0.15) is 8.07 Å². The molecule has 0 aromatic heterocycles. The molecule has 0 radical (unpaired) electrons. The fourth-order valence-corrected chi connectivity index (χ4v) is 1.77. The highest BCUT2D eigenvalue weighted by atomic mass is 32.2. The Morgan fingerprint density at radius 2 is 1.86 bits per heavy atom. The molecule has 0 rings (SSSR count). The lowest BCUT2D eigenvalue weighted by atomic mass is 10.3. The van der Waals surface area contributed by atoms with Gasteiger partial charge in [-0.2, -0.15) is 8.42 Å². The number of hydrogen-bond acceptors (Lipinski definition) is 3. The smallest absolute Gasteiger partial charge is 0.264 e. The molecule has 0 aliphatic rings. The van der Waals surface area contributed by atoms with Gasteiger partial charge < -0.3 is 0 Å². The largest absolute Gasteiger partial charge is 0.270 e.